The van der Waals surface area contributed by atoms with E-state index in [-0.39, 0.29) is 0 Å². The average Bonchev–Trinajstić information content (AvgIpc) is 2.79. The molecule has 1 aromatic carbocycles. The Morgan fingerprint density at radius 3 is 2.89 bits per heavy atom. The summed E-state index contributed by atoms with van der Waals surface area (Å²) in [5.74, 6) is -0.365. The van der Waals surface area contributed by atoms with Crippen molar-refractivity contribution < 1.29 is 9.90 Å². The summed E-state index contributed by atoms with van der Waals surface area (Å²) in [6.45, 7) is 8.40. The lowest BCUT2D eigenvalue weighted by Gasteiger charge is -2.26. The van der Waals surface area contributed by atoms with Crippen LogP contribution in [0.1, 0.15) is 42.5 Å². The van der Waals surface area contributed by atoms with Gasteiger partial charge in [0.25, 0.3) is 0 Å². The molecule has 0 amide bonds. The Morgan fingerprint density at radius 1 is 1.47 bits per heavy atom. The van der Waals surface area contributed by atoms with Crippen molar-refractivity contribution in [2.45, 2.75) is 39.7 Å². The summed E-state index contributed by atoms with van der Waals surface area (Å²) in [5.41, 5.74) is 3.98. The van der Waals surface area contributed by atoms with Crippen molar-refractivity contribution >= 4 is 5.97 Å². The largest absolute Gasteiger partial charge is 0.481 e. The maximum Gasteiger partial charge on any atom is 0.303 e. The van der Waals surface area contributed by atoms with Crippen molar-refractivity contribution in [1.82, 2.24) is 4.90 Å². The SMILES string of the molecule is Cc1ccc(C)c(C(C)N2CCC(CC(=O)O)C2)c1. The third-order valence-corrected chi connectivity index (χ3v) is 4.21. The number of hydrogen-bond donors (Lipinski definition) is 1. The normalized spacial score (nSPS) is 21.5. The van der Waals surface area contributed by atoms with Crippen molar-refractivity contribution in [3.63, 3.8) is 0 Å². The Morgan fingerprint density at radius 2 is 2.21 bits per heavy atom. The predicted molar refractivity (Wildman–Crippen MR) is 76.3 cm³/mol. The van der Waals surface area contributed by atoms with Gasteiger partial charge in [-0.15, -0.1) is 0 Å². The van der Waals surface area contributed by atoms with Gasteiger partial charge in [0.05, 0.1) is 0 Å². The molecule has 1 fully saturated rings. The quantitative estimate of drug-likeness (QED) is 0.905. The fourth-order valence-electron chi connectivity index (χ4n) is 3.03. The van der Waals surface area contributed by atoms with Crippen LogP contribution in [0.25, 0.3) is 0 Å². The number of likely N-dealkylation sites (tertiary alicyclic amines) is 1. The Labute approximate surface area is 115 Å². The molecule has 2 atom stereocenters. The van der Waals surface area contributed by atoms with Gasteiger partial charge in [0.15, 0.2) is 0 Å². The van der Waals surface area contributed by atoms with E-state index in [0.717, 1.165) is 19.5 Å². The monoisotopic (exact) mass is 261 g/mol. The van der Waals surface area contributed by atoms with E-state index in [1.807, 2.05) is 0 Å². The zero-order valence-electron chi connectivity index (χ0n) is 12.0. The standard InChI is InChI=1S/C16H23NO2/c1-11-4-5-12(2)15(8-11)13(3)17-7-6-14(10-17)9-16(18)19/h4-5,8,13-14H,6-7,9-10H2,1-3H3,(H,18,19). The number of hydrogen-bond acceptors (Lipinski definition) is 2. The van der Waals surface area contributed by atoms with Crippen LogP contribution in [-0.4, -0.2) is 29.1 Å². The fourth-order valence-corrected chi connectivity index (χ4v) is 3.03. The van der Waals surface area contributed by atoms with Crippen LogP contribution in [0, 0.1) is 19.8 Å². The fraction of sp³-hybridized carbons (Fsp3) is 0.562. The Balaban J connectivity index is 2.06. The topological polar surface area (TPSA) is 40.5 Å². The zero-order chi connectivity index (χ0) is 14.0. The number of carboxylic acids is 1. The zero-order valence-corrected chi connectivity index (χ0v) is 12.0. The van der Waals surface area contributed by atoms with Gasteiger partial charge in [0.2, 0.25) is 0 Å². The smallest absolute Gasteiger partial charge is 0.303 e. The Kier molecular flexibility index (Phi) is 4.25. The molecule has 1 aliphatic rings. The second-order valence-electron chi connectivity index (χ2n) is 5.78. The van der Waals surface area contributed by atoms with E-state index in [4.69, 9.17) is 5.11 Å². The predicted octanol–water partition coefficient (Wildman–Crippen LogP) is 3.16. The van der Waals surface area contributed by atoms with Crippen LogP contribution in [0.3, 0.4) is 0 Å². The number of aryl methyl sites for hydroxylation is 2. The van der Waals surface area contributed by atoms with Gasteiger partial charge in [-0.3, -0.25) is 9.69 Å². The van der Waals surface area contributed by atoms with Gasteiger partial charge in [0.1, 0.15) is 0 Å². The molecular weight excluding hydrogens is 238 g/mol. The van der Waals surface area contributed by atoms with Crippen molar-refractivity contribution in [3.8, 4) is 0 Å². The first-order valence-electron chi connectivity index (χ1n) is 7.00. The number of rotatable bonds is 4. The maximum atomic E-state index is 10.8. The minimum atomic E-state index is -0.675. The van der Waals surface area contributed by atoms with Crippen molar-refractivity contribution in [1.29, 1.82) is 0 Å². The summed E-state index contributed by atoms with van der Waals surface area (Å²) in [5, 5.41) is 8.88. The van der Waals surface area contributed by atoms with E-state index >= 15 is 0 Å². The molecule has 1 N–H and O–H groups in total. The molecular formula is C16H23NO2. The van der Waals surface area contributed by atoms with Crippen LogP contribution in [0.4, 0.5) is 0 Å². The minimum absolute atomic E-state index is 0.302. The van der Waals surface area contributed by atoms with Crippen molar-refractivity contribution in [2.24, 2.45) is 5.92 Å². The number of carboxylic acid groups (broad SMARTS) is 1. The van der Waals surface area contributed by atoms with Crippen LogP contribution in [-0.2, 0) is 4.79 Å². The van der Waals surface area contributed by atoms with E-state index in [2.05, 4.69) is 43.9 Å². The molecule has 0 saturated carbocycles. The highest BCUT2D eigenvalue weighted by molar-refractivity contribution is 5.67. The highest BCUT2D eigenvalue weighted by Gasteiger charge is 2.28. The number of carbonyl (C=O) groups is 1. The van der Waals surface area contributed by atoms with E-state index in [1.54, 1.807) is 0 Å². The summed E-state index contributed by atoms with van der Waals surface area (Å²) in [6.07, 6.45) is 1.30. The van der Waals surface area contributed by atoms with Gasteiger partial charge < -0.3 is 5.11 Å². The second-order valence-corrected chi connectivity index (χ2v) is 5.78. The molecule has 0 aromatic heterocycles. The van der Waals surface area contributed by atoms with Gasteiger partial charge in [-0.05, 0) is 50.8 Å². The summed E-state index contributed by atoms with van der Waals surface area (Å²) >= 11 is 0. The molecule has 1 aliphatic heterocycles. The lowest BCUT2D eigenvalue weighted by atomic mass is 9.99. The van der Waals surface area contributed by atoms with E-state index in [0.29, 0.717) is 18.4 Å². The summed E-state index contributed by atoms with van der Waals surface area (Å²) in [6, 6.07) is 6.94. The number of aliphatic carboxylic acids is 1. The summed E-state index contributed by atoms with van der Waals surface area (Å²) in [4.78, 5) is 13.2. The average molecular weight is 261 g/mol. The van der Waals surface area contributed by atoms with Crippen LogP contribution in [0.5, 0.6) is 0 Å². The van der Waals surface area contributed by atoms with Crippen LogP contribution in [0.15, 0.2) is 18.2 Å². The van der Waals surface area contributed by atoms with Crippen LogP contribution in [0.2, 0.25) is 0 Å². The molecule has 3 nitrogen and oxygen atoms in total. The second kappa shape index (κ2) is 5.74. The molecule has 1 aromatic rings. The molecule has 3 heteroatoms. The molecule has 2 rings (SSSR count). The van der Waals surface area contributed by atoms with Crippen LogP contribution < -0.4 is 0 Å². The van der Waals surface area contributed by atoms with E-state index in [1.165, 1.54) is 16.7 Å². The first-order chi connectivity index (χ1) is 8.97. The molecule has 2 unspecified atom stereocenters. The first kappa shape index (κ1) is 14.1. The minimum Gasteiger partial charge on any atom is -0.481 e. The molecule has 19 heavy (non-hydrogen) atoms. The Hall–Kier alpha value is -1.35. The molecule has 0 aliphatic carbocycles. The number of benzene rings is 1. The van der Waals surface area contributed by atoms with Gasteiger partial charge in [0, 0.05) is 19.0 Å². The third kappa shape index (κ3) is 3.35. The highest BCUT2D eigenvalue weighted by Crippen LogP contribution is 2.30. The molecule has 0 radical (unpaired) electrons. The van der Waals surface area contributed by atoms with Crippen molar-refractivity contribution in [3.05, 3.63) is 34.9 Å². The summed E-state index contributed by atoms with van der Waals surface area (Å²) < 4.78 is 0. The van der Waals surface area contributed by atoms with E-state index < -0.39 is 5.97 Å². The molecule has 104 valence electrons. The molecule has 1 saturated heterocycles. The number of nitrogens with zero attached hydrogens (tertiary/aromatic N) is 1. The lowest BCUT2D eigenvalue weighted by molar-refractivity contribution is -0.138. The van der Waals surface area contributed by atoms with Gasteiger partial charge >= 0.3 is 5.97 Å². The first-order valence-corrected chi connectivity index (χ1v) is 7.00. The summed E-state index contributed by atoms with van der Waals surface area (Å²) in [7, 11) is 0. The highest BCUT2D eigenvalue weighted by atomic mass is 16.4. The molecule has 0 bridgehead atoms. The third-order valence-electron chi connectivity index (χ3n) is 4.21. The van der Waals surface area contributed by atoms with Crippen molar-refractivity contribution in [2.75, 3.05) is 13.1 Å². The van der Waals surface area contributed by atoms with Gasteiger partial charge in [-0.2, -0.15) is 0 Å². The lowest BCUT2D eigenvalue weighted by Crippen LogP contribution is -2.25. The molecule has 1 heterocycles. The van der Waals surface area contributed by atoms with E-state index in [9.17, 15) is 4.79 Å². The van der Waals surface area contributed by atoms with Gasteiger partial charge in [-0.25, -0.2) is 0 Å². The van der Waals surface area contributed by atoms with Gasteiger partial charge in [-0.1, -0.05) is 23.8 Å². The Bertz CT molecular complexity index is 470. The van der Waals surface area contributed by atoms with Crippen LogP contribution >= 0.6 is 0 Å². The molecule has 0 spiro atoms. The maximum absolute atomic E-state index is 10.8.